The summed E-state index contributed by atoms with van der Waals surface area (Å²) in [4.78, 5) is 2.48. The maximum Gasteiger partial charge on any atom is 0.231 e. The fourth-order valence-corrected chi connectivity index (χ4v) is 5.75. The highest BCUT2D eigenvalue weighted by atomic mass is 16.7. The predicted molar refractivity (Wildman–Crippen MR) is 162 cm³/mol. The predicted octanol–water partition coefficient (Wildman–Crippen LogP) is 6.42. The summed E-state index contributed by atoms with van der Waals surface area (Å²) in [6.07, 6.45) is 0.310. The molecule has 0 bridgehead atoms. The number of piperidine rings is 1. The molecule has 6 rings (SSSR count). The molecule has 0 aliphatic carbocycles. The molecule has 2 heterocycles. The summed E-state index contributed by atoms with van der Waals surface area (Å²) in [7, 11) is 0. The second-order valence-corrected chi connectivity index (χ2v) is 11.0. The molecule has 0 aromatic heterocycles. The normalized spacial score (nSPS) is 21.8. The maximum atomic E-state index is 6.72. The van der Waals surface area contributed by atoms with Crippen molar-refractivity contribution < 1.29 is 23.7 Å². The Hall–Kier alpha value is -3.68. The minimum Gasteiger partial charge on any atom is -0.454 e. The zero-order chi connectivity index (χ0) is 28.6. The number of ether oxygens (including phenoxy) is 5. The number of likely N-dealkylation sites (tertiary alicyclic amines) is 1. The Morgan fingerprint density at radius 2 is 1.17 bits per heavy atom. The monoisotopic (exact) mass is 565 g/mol. The van der Waals surface area contributed by atoms with Crippen molar-refractivity contribution >= 4 is 0 Å². The van der Waals surface area contributed by atoms with Gasteiger partial charge in [-0.25, -0.2) is 0 Å². The molecule has 0 unspecified atom stereocenters. The van der Waals surface area contributed by atoms with Gasteiger partial charge in [-0.15, -0.1) is 0 Å². The third kappa shape index (κ3) is 7.20. The van der Waals surface area contributed by atoms with Gasteiger partial charge in [-0.05, 0) is 47.7 Å². The molecule has 1 saturated heterocycles. The molecule has 0 saturated carbocycles. The molecule has 42 heavy (non-hydrogen) atoms. The largest absolute Gasteiger partial charge is 0.454 e. The summed E-state index contributed by atoms with van der Waals surface area (Å²) in [5.74, 6) is 1.63. The van der Waals surface area contributed by atoms with E-state index in [2.05, 4.69) is 84.6 Å². The Morgan fingerprint density at radius 1 is 0.619 bits per heavy atom. The van der Waals surface area contributed by atoms with Gasteiger partial charge in [0.2, 0.25) is 6.79 Å². The molecule has 4 aromatic carbocycles. The van der Waals surface area contributed by atoms with Crippen molar-refractivity contribution in [1.82, 2.24) is 4.90 Å². The minimum absolute atomic E-state index is 0.125. The second kappa shape index (κ2) is 14.0. The van der Waals surface area contributed by atoms with E-state index in [1.54, 1.807) is 0 Å². The minimum atomic E-state index is -0.227. The molecule has 0 amide bonds. The fraction of sp³-hybridized carbons (Fsp3) is 0.333. The Bertz CT molecular complexity index is 1380. The summed E-state index contributed by atoms with van der Waals surface area (Å²) in [5, 5.41) is 0. The summed E-state index contributed by atoms with van der Waals surface area (Å²) in [6, 6.07) is 37.4. The van der Waals surface area contributed by atoms with E-state index in [0.717, 1.165) is 47.7 Å². The van der Waals surface area contributed by atoms with E-state index in [1.165, 1.54) is 5.56 Å². The van der Waals surface area contributed by atoms with Crippen LogP contribution < -0.4 is 9.47 Å². The van der Waals surface area contributed by atoms with Crippen molar-refractivity contribution in [2.75, 3.05) is 19.9 Å². The molecule has 6 heteroatoms. The first-order valence-electron chi connectivity index (χ1n) is 14.8. The van der Waals surface area contributed by atoms with E-state index < -0.39 is 0 Å². The van der Waals surface area contributed by atoms with Gasteiger partial charge in [-0.2, -0.15) is 0 Å². The average Bonchev–Trinajstić information content (AvgIpc) is 3.52. The van der Waals surface area contributed by atoms with Crippen LogP contribution in [0.2, 0.25) is 0 Å². The van der Waals surface area contributed by atoms with Crippen LogP contribution in [-0.4, -0.2) is 49.1 Å². The van der Waals surface area contributed by atoms with Crippen LogP contribution in [-0.2, 0) is 40.5 Å². The first-order chi connectivity index (χ1) is 20.7. The summed E-state index contributed by atoms with van der Waals surface area (Å²) < 4.78 is 31.2. The lowest BCUT2D eigenvalue weighted by Gasteiger charge is -2.47. The quantitative estimate of drug-likeness (QED) is 0.198. The van der Waals surface area contributed by atoms with E-state index >= 15 is 0 Å². The molecule has 4 aromatic rings. The third-order valence-electron chi connectivity index (χ3n) is 8.16. The molecule has 6 nitrogen and oxygen atoms in total. The van der Waals surface area contributed by atoms with Gasteiger partial charge in [-0.1, -0.05) is 97.1 Å². The second-order valence-electron chi connectivity index (χ2n) is 11.0. The van der Waals surface area contributed by atoms with Gasteiger partial charge in [-0.3, -0.25) is 4.90 Å². The van der Waals surface area contributed by atoms with Crippen LogP contribution in [0.5, 0.6) is 11.5 Å². The van der Waals surface area contributed by atoms with Crippen molar-refractivity contribution in [3.8, 4) is 11.5 Å². The van der Waals surface area contributed by atoms with E-state index in [0.29, 0.717) is 19.8 Å². The fourth-order valence-electron chi connectivity index (χ4n) is 5.75. The zero-order valence-corrected chi connectivity index (χ0v) is 24.1. The molecule has 0 N–H and O–H groups in total. The summed E-state index contributed by atoms with van der Waals surface area (Å²) >= 11 is 0. The van der Waals surface area contributed by atoms with Crippen LogP contribution in [0.25, 0.3) is 0 Å². The van der Waals surface area contributed by atoms with Gasteiger partial charge in [0.15, 0.2) is 11.5 Å². The van der Waals surface area contributed by atoms with Gasteiger partial charge >= 0.3 is 0 Å². The Balaban J connectivity index is 1.22. The van der Waals surface area contributed by atoms with Crippen molar-refractivity contribution in [3.05, 3.63) is 131 Å². The molecule has 0 radical (unpaired) electrons. The van der Waals surface area contributed by atoms with Crippen LogP contribution in [0, 0.1) is 0 Å². The first kappa shape index (κ1) is 28.4. The summed E-state index contributed by atoms with van der Waals surface area (Å²) in [5.41, 5.74) is 4.65. The lowest BCUT2D eigenvalue weighted by atomic mass is 9.93. The molecular weight excluding hydrogens is 526 g/mol. The number of nitrogens with zero attached hydrogens (tertiary/aromatic N) is 1. The van der Waals surface area contributed by atoms with Gasteiger partial charge in [0.1, 0.15) is 12.2 Å². The Kier molecular flexibility index (Phi) is 9.47. The number of rotatable bonds is 12. The molecule has 218 valence electrons. The maximum absolute atomic E-state index is 6.72. The average molecular weight is 566 g/mol. The lowest BCUT2D eigenvalue weighted by molar-refractivity contribution is -0.200. The highest BCUT2D eigenvalue weighted by molar-refractivity contribution is 5.44. The SMILES string of the molecule is C[C@@H]1[C@@H](OCc2ccccc2)[C@H](OCc2ccccc2)[C@@H](OCc2ccccc2)CN1CCc1ccc2c(c1)OCO2. The molecule has 1 fully saturated rings. The number of benzene rings is 4. The van der Waals surface area contributed by atoms with Crippen molar-refractivity contribution in [3.63, 3.8) is 0 Å². The van der Waals surface area contributed by atoms with Gasteiger partial charge in [0.05, 0.1) is 25.9 Å². The van der Waals surface area contributed by atoms with Gasteiger partial charge in [0.25, 0.3) is 0 Å². The molecular formula is C36H39NO5. The van der Waals surface area contributed by atoms with Crippen molar-refractivity contribution in [2.45, 2.75) is 57.5 Å². The smallest absolute Gasteiger partial charge is 0.231 e. The van der Waals surface area contributed by atoms with Crippen molar-refractivity contribution in [1.29, 1.82) is 0 Å². The van der Waals surface area contributed by atoms with E-state index in [4.69, 9.17) is 23.7 Å². The van der Waals surface area contributed by atoms with Crippen LogP contribution in [0.15, 0.2) is 109 Å². The number of hydrogen-bond donors (Lipinski definition) is 0. The highest BCUT2D eigenvalue weighted by Crippen LogP contribution is 2.33. The Labute approximate surface area is 248 Å². The molecule has 2 aliphatic heterocycles. The standard InChI is InChI=1S/C36H39NO5/c1-27-35(39-24-30-13-7-3-8-14-30)36(40-25-31-15-9-4-10-16-31)34(38-23-29-11-5-2-6-12-29)22-37(27)20-19-28-17-18-32-33(21-28)42-26-41-32/h2-18,21,27,34-36H,19-20,22-26H2,1H3/t27-,34+,35-,36-/m1/s1. The van der Waals surface area contributed by atoms with Crippen LogP contribution >= 0.6 is 0 Å². The van der Waals surface area contributed by atoms with E-state index in [-0.39, 0.29) is 31.1 Å². The topological polar surface area (TPSA) is 49.4 Å². The number of hydrogen-bond acceptors (Lipinski definition) is 6. The number of fused-ring (bicyclic) bond motifs is 1. The highest BCUT2D eigenvalue weighted by Gasteiger charge is 2.44. The van der Waals surface area contributed by atoms with E-state index in [1.807, 2.05) is 36.4 Å². The molecule has 2 aliphatic rings. The first-order valence-corrected chi connectivity index (χ1v) is 14.8. The van der Waals surface area contributed by atoms with E-state index in [9.17, 15) is 0 Å². The Morgan fingerprint density at radius 3 is 1.79 bits per heavy atom. The van der Waals surface area contributed by atoms with Crippen LogP contribution in [0.1, 0.15) is 29.2 Å². The van der Waals surface area contributed by atoms with Gasteiger partial charge < -0.3 is 23.7 Å². The third-order valence-corrected chi connectivity index (χ3v) is 8.16. The molecule has 0 spiro atoms. The van der Waals surface area contributed by atoms with Crippen molar-refractivity contribution in [2.24, 2.45) is 0 Å². The van der Waals surface area contributed by atoms with Crippen LogP contribution in [0.3, 0.4) is 0 Å². The zero-order valence-electron chi connectivity index (χ0n) is 24.1. The molecule has 4 atom stereocenters. The van der Waals surface area contributed by atoms with Crippen LogP contribution in [0.4, 0.5) is 0 Å². The lowest BCUT2D eigenvalue weighted by Crippen LogP contribution is -2.62. The summed E-state index contributed by atoms with van der Waals surface area (Å²) in [6.45, 7) is 5.70. The van der Waals surface area contributed by atoms with Gasteiger partial charge in [0, 0.05) is 19.1 Å².